The normalized spacial score (nSPS) is 10.0. The third kappa shape index (κ3) is 1.38. The molecule has 0 radical (unpaired) electrons. The van der Waals surface area contributed by atoms with Gasteiger partial charge in [0.1, 0.15) is 0 Å². The van der Waals surface area contributed by atoms with Crippen LogP contribution in [0.25, 0.3) is 0 Å². The van der Waals surface area contributed by atoms with Gasteiger partial charge in [0.2, 0.25) is 0 Å². The Balaban J connectivity index is 3.12. The van der Waals surface area contributed by atoms with Gasteiger partial charge in [0.25, 0.3) is 0 Å². The van der Waals surface area contributed by atoms with Crippen molar-refractivity contribution in [1.29, 1.82) is 0 Å². The first-order valence-electron chi connectivity index (χ1n) is 3.12. The first-order valence-corrected chi connectivity index (χ1v) is 4.62. The zero-order valence-corrected chi connectivity index (χ0v) is 6.89. The van der Waals surface area contributed by atoms with Crippen molar-refractivity contribution in [2.45, 2.75) is 0 Å². The Bertz CT molecular complexity index is 258. The molecule has 0 amide bonds. The van der Waals surface area contributed by atoms with Crippen molar-refractivity contribution in [3.63, 3.8) is 0 Å². The van der Waals surface area contributed by atoms with Crippen LogP contribution in [0, 0.1) is 12.3 Å². The molecule has 1 aromatic rings. The van der Waals surface area contributed by atoms with E-state index in [4.69, 9.17) is 6.42 Å². The molecule has 0 heterocycles. The molecule has 0 saturated heterocycles. The quantitative estimate of drug-likeness (QED) is 0.419. The summed E-state index contributed by atoms with van der Waals surface area (Å²) in [6.07, 6.45) is 5.28. The molecule has 1 rings (SSSR count). The zero-order chi connectivity index (χ0) is 7.40. The molecule has 0 aromatic heterocycles. The Morgan fingerprint density at radius 2 is 2.10 bits per heavy atom. The largest absolute Gasteiger partial charge is 0.115 e. The van der Waals surface area contributed by atoms with Crippen LogP contribution in [0.5, 0.6) is 0 Å². The molecule has 0 N–H and O–H groups in total. The van der Waals surface area contributed by atoms with Gasteiger partial charge in [-0.2, -0.15) is 0 Å². The number of benzene rings is 1. The van der Waals surface area contributed by atoms with E-state index in [0.717, 1.165) is 14.1 Å². The highest BCUT2D eigenvalue weighted by Crippen LogP contribution is 2.06. The molecule has 0 saturated carbocycles. The second-order valence-electron chi connectivity index (χ2n) is 1.94. The molecular formula is C9H9P. The summed E-state index contributed by atoms with van der Waals surface area (Å²) in [5.41, 5.74) is 1.03. The van der Waals surface area contributed by atoms with Gasteiger partial charge in [-0.1, -0.05) is 32.7 Å². The Labute approximate surface area is 63.4 Å². The van der Waals surface area contributed by atoms with Crippen LogP contribution in [0.15, 0.2) is 24.3 Å². The van der Waals surface area contributed by atoms with Crippen molar-refractivity contribution in [2.75, 3.05) is 6.66 Å². The molecule has 10 heavy (non-hydrogen) atoms. The maximum atomic E-state index is 5.28. The van der Waals surface area contributed by atoms with Crippen molar-refractivity contribution >= 4 is 13.9 Å². The summed E-state index contributed by atoms with van der Waals surface area (Å²) in [6.45, 7) is 2.14. The van der Waals surface area contributed by atoms with Gasteiger partial charge in [-0.15, -0.1) is 6.42 Å². The summed E-state index contributed by atoms with van der Waals surface area (Å²) < 4.78 is 0. The summed E-state index contributed by atoms with van der Waals surface area (Å²) in [6, 6.07) is 8.05. The number of terminal acetylenes is 1. The van der Waals surface area contributed by atoms with E-state index in [1.165, 1.54) is 5.30 Å². The van der Waals surface area contributed by atoms with Gasteiger partial charge in [0, 0.05) is 5.56 Å². The minimum Gasteiger partial charge on any atom is -0.115 e. The van der Waals surface area contributed by atoms with Crippen LogP contribution in [0.4, 0.5) is 0 Å². The van der Waals surface area contributed by atoms with E-state index < -0.39 is 0 Å². The average Bonchev–Trinajstić information content (AvgIpc) is 2.04. The second-order valence-corrected chi connectivity index (χ2v) is 2.98. The van der Waals surface area contributed by atoms with Gasteiger partial charge in [0.15, 0.2) is 0 Å². The van der Waals surface area contributed by atoms with Crippen LogP contribution < -0.4 is 5.30 Å². The summed E-state index contributed by atoms with van der Waals surface area (Å²) in [5.74, 6) is 2.65. The van der Waals surface area contributed by atoms with Gasteiger partial charge in [-0.25, -0.2) is 0 Å². The van der Waals surface area contributed by atoms with Crippen molar-refractivity contribution in [1.82, 2.24) is 0 Å². The van der Waals surface area contributed by atoms with Crippen molar-refractivity contribution in [2.24, 2.45) is 0 Å². The summed E-state index contributed by atoms with van der Waals surface area (Å²) in [7, 11) is 0.793. The molecular weight excluding hydrogens is 139 g/mol. The van der Waals surface area contributed by atoms with E-state index >= 15 is 0 Å². The van der Waals surface area contributed by atoms with Crippen LogP contribution >= 0.6 is 8.58 Å². The SMILES string of the molecule is C#Cc1ccccc1PC. The number of hydrogen-bond acceptors (Lipinski definition) is 0. The fourth-order valence-corrected chi connectivity index (χ4v) is 1.51. The molecule has 1 atom stereocenters. The Hall–Kier alpha value is -0.790. The van der Waals surface area contributed by atoms with Crippen LogP contribution in [0.2, 0.25) is 0 Å². The third-order valence-corrected chi connectivity index (χ3v) is 2.33. The minimum atomic E-state index is 0.793. The van der Waals surface area contributed by atoms with Gasteiger partial charge in [-0.05, 0) is 18.0 Å². The maximum Gasteiger partial charge on any atom is 0.0316 e. The Kier molecular flexibility index (Phi) is 2.49. The molecule has 0 aliphatic carbocycles. The van der Waals surface area contributed by atoms with Crippen molar-refractivity contribution in [3.05, 3.63) is 29.8 Å². The standard InChI is InChI=1S/C9H9P/c1-3-8-6-4-5-7-9(8)10-2/h1,4-7,10H,2H3. The van der Waals surface area contributed by atoms with Crippen molar-refractivity contribution < 1.29 is 0 Å². The number of rotatable bonds is 1. The molecule has 1 heteroatoms. The van der Waals surface area contributed by atoms with Crippen LogP contribution in [-0.4, -0.2) is 6.66 Å². The highest BCUT2D eigenvalue weighted by Gasteiger charge is 1.92. The van der Waals surface area contributed by atoms with E-state index in [-0.39, 0.29) is 0 Å². The highest BCUT2D eigenvalue weighted by atomic mass is 31.1. The molecule has 1 unspecified atom stereocenters. The third-order valence-electron chi connectivity index (χ3n) is 1.35. The smallest absolute Gasteiger partial charge is 0.0316 e. The lowest BCUT2D eigenvalue weighted by molar-refractivity contribution is 1.71. The van der Waals surface area contributed by atoms with Crippen molar-refractivity contribution in [3.8, 4) is 12.3 Å². The first-order chi connectivity index (χ1) is 4.88. The van der Waals surface area contributed by atoms with Crippen LogP contribution in [0.1, 0.15) is 5.56 Å². The topological polar surface area (TPSA) is 0 Å². The van der Waals surface area contributed by atoms with E-state index in [2.05, 4.69) is 18.7 Å². The fourth-order valence-electron chi connectivity index (χ4n) is 0.827. The zero-order valence-electron chi connectivity index (χ0n) is 5.89. The lowest BCUT2D eigenvalue weighted by Gasteiger charge is -1.97. The predicted molar refractivity (Wildman–Crippen MR) is 48.3 cm³/mol. The molecule has 0 bridgehead atoms. The predicted octanol–water partition coefficient (Wildman–Crippen LogP) is 1.60. The van der Waals surface area contributed by atoms with E-state index in [9.17, 15) is 0 Å². The monoisotopic (exact) mass is 148 g/mol. The molecule has 50 valence electrons. The van der Waals surface area contributed by atoms with Crippen LogP contribution in [-0.2, 0) is 0 Å². The Morgan fingerprint density at radius 1 is 1.40 bits per heavy atom. The lowest BCUT2D eigenvalue weighted by Crippen LogP contribution is -1.97. The molecule has 0 spiro atoms. The molecule has 0 aliphatic rings. The van der Waals surface area contributed by atoms with Gasteiger partial charge >= 0.3 is 0 Å². The summed E-state index contributed by atoms with van der Waals surface area (Å²) in [5, 5.41) is 1.28. The molecule has 1 aromatic carbocycles. The fraction of sp³-hybridized carbons (Fsp3) is 0.111. The molecule has 0 aliphatic heterocycles. The second kappa shape index (κ2) is 3.40. The average molecular weight is 148 g/mol. The Morgan fingerprint density at radius 3 is 2.60 bits per heavy atom. The van der Waals surface area contributed by atoms with E-state index in [1.807, 2.05) is 18.2 Å². The van der Waals surface area contributed by atoms with E-state index in [1.54, 1.807) is 0 Å². The van der Waals surface area contributed by atoms with Gasteiger partial charge in [-0.3, -0.25) is 0 Å². The van der Waals surface area contributed by atoms with Gasteiger partial charge < -0.3 is 0 Å². The first kappa shape index (κ1) is 7.32. The minimum absolute atomic E-state index is 0.793. The molecule has 0 nitrogen and oxygen atoms in total. The molecule has 0 fully saturated rings. The highest BCUT2D eigenvalue weighted by molar-refractivity contribution is 7.46. The number of hydrogen-bond donors (Lipinski definition) is 0. The summed E-state index contributed by atoms with van der Waals surface area (Å²) >= 11 is 0. The lowest BCUT2D eigenvalue weighted by atomic mass is 10.2. The van der Waals surface area contributed by atoms with Crippen LogP contribution in [0.3, 0.4) is 0 Å². The summed E-state index contributed by atoms with van der Waals surface area (Å²) in [4.78, 5) is 0. The van der Waals surface area contributed by atoms with Gasteiger partial charge in [0.05, 0.1) is 0 Å². The maximum absolute atomic E-state index is 5.28. The van der Waals surface area contributed by atoms with E-state index in [0.29, 0.717) is 0 Å².